The van der Waals surface area contributed by atoms with Crippen LogP contribution < -0.4 is 5.73 Å². The Morgan fingerprint density at radius 1 is 1.42 bits per heavy atom. The van der Waals surface area contributed by atoms with Crippen LogP contribution in [0.1, 0.15) is 18.5 Å². The summed E-state index contributed by atoms with van der Waals surface area (Å²) in [6, 6.07) is 2.97. The fourth-order valence-electron chi connectivity index (χ4n) is 0.868. The molecular weight excluding hydrogens is 222 g/mol. The first-order chi connectivity index (χ1) is 5.52. The van der Waals surface area contributed by atoms with E-state index < -0.39 is 0 Å². The van der Waals surface area contributed by atoms with Crippen LogP contribution in [0.2, 0.25) is 0 Å². The van der Waals surface area contributed by atoms with E-state index in [0.29, 0.717) is 4.47 Å². The van der Waals surface area contributed by atoms with E-state index in [1.54, 1.807) is 13.0 Å². The standard InChI is InChI=1S/C8H10BrNO2/c1-4(10)5-2-6(9)8(12)7(11)3-5/h2-4,11-12H,10H2,1H3/t4-/m0/s1. The molecular formula is C8H10BrNO2. The Balaban J connectivity index is 3.21. The average molecular weight is 232 g/mol. The third-order valence-electron chi connectivity index (χ3n) is 1.59. The van der Waals surface area contributed by atoms with Crippen LogP contribution in [-0.2, 0) is 0 Å². The zero-order chi connectivity index (χ0) is 9.30. The van der Waals surface area contributed by atoms with Gasteiger partial charge in [0.2, 0.25) is 0 Å². The van der Waals surface area contributed by atoms with Gasteiger partial charge in [0.15, 0.2) is 11.5 Å². The molecule has 1 aromatic rings. The minimum Gasteiger partial charge on any atom is -0.504 e. The van der Waals surface area contributed by atoms with Crippen molar-refractivity contribution in [3.05, 3.63) is 22.2 Å². The van der Waals surface area contributed by atoms with E-state index in [1.165, 1.54) is 6.07 Å². The summed E-state index contributed by atoms with van der Waals surface area (Å²) in [5, 5.41) is 18.4. The number of hydrogen-bond donors (Lipinski definition) is 3. The zero-order valence-corrected chi connectivity index (χ0v) is 8.17. The Labute approximate surface area is 79.0 Å². The molecule has 0 heterocycles. The summed E-state index contributed by atoms with van der Waals surface area (Å²) >= 11 is 3.10. The molecule has 0 bridgehead atoms. The van der Waals surface area contributed by atoms with Gasteiger partial charge in [-0.05, 0) is 40.5 Å². The number of phenolic OH excluding ortho intramolecular Hbond substituents is 2. The van der Waals surface area contributed by atoms with Crippen LogP contribution in [-0.4, -0.2) is 10.2 Å². The van der Waals surface area contributed by atoms with E-state index in [2.05, 4.69) is 15.9 Å². The fraction of sp³-hybridized carbons (Fsp3) is 0.250. The maximum absolute atomic E-state index is 9.19. The van der Waals surface area contributed by atoms with Crippen LogP contribution in [0, 0.1) is 0 Å². The van der Waals surface area contributed by atoms with Crippen molar-refractivity contribution >= 4 is 15.9 Å². The predicted molar refractivity (Wildman–Crippen MR) is 50.1 cm³/mol. The molecule has 0 saturated carbocycles. The smallest absolute Gasteiger partial charge is 0.171 e. The Kier molecular flexibility index (Phi) is 2.59. The third kappa shape index (κ3) is 1.70. The van der Waals surface area contributed by atoms with E-state index in [9.17, 15) is 10.2 Å². The molecule has 0 aliphatic carbocycles. The summed E-state index contributed by atoms with van der Waals surface area (Å²) in [6.45, 7) is 1.80. The van der Waals surface area contributed by atoms with Crippen molar-refractivity contribution in [3.63, 3.8) is 0 Å². The Bertz CT molecular complexity index is 276. The number of halogens is 1. The van der Waals surface area contributed by atoms with Gasteiger partial charge in [-0.1, -0.05) is 0 Å². The van der Waals surface area contributed by atoms with E-state index in [4.69, 9.17) is 5.73 Å². The van der Waals surface area contributed by atoms with Crippen molar-refractivity contribution in [1.29, 1.82) is 0 Å². The quantitative estimate of drug-likeness (QED) is 0.647. The minimum atomic E-state index is -0.159. The molecule has 0 aliphatic rings. The molecule has 66 valence electrons. The first-order valence-electron chi connectivity index (χ1n) is 3.49. The van der Waals surface area contributed by atoms with Crippen molar-refractivity contribution in [1.82, 2.24) is 0 Å². The Morgan fingerprint density at radius 3 is 2.42 bits per heavy atom. The summed E-state index contributed by atoms with van der Waals surface area (Å²) in [7, 11) is 0. The van der Waals surface area contributed by atoms with Gasteiger partial charge in [0.05, 0.1) is 4.47 Å². The number of nitrogens with two attached hydrogens (primary N) is 1. The summed E-state index contributed by atoms with van der Waals surface area (Å²) < 4.78 is 0.454. The topological polar surface area (TPSA) is 66.5 Å². The Hall–Kier alpha value is -0.740. The second kappa shape index (κ2) is 3.33. The summed E-state index contributed by atoms with van der Waals surface area (Å²) in [5.74, 6) is -0.309. The highest BCUT2D eigenvalue weighted by Gasteiger charge is 2.08. The number of aromatic hydroxyl groups is 2. The lowest BCUT2D eigenvalue weighted by Gasteiger charge is -2.08. The van der Waals surface area contributed by atoms with Crippen LogP contribution >= 0.6 is 15.9 Å². The lowest BCUT2D eigenvalue weighted by atomic mass is 10.1. The van der Waals surface area contributed by atoms with Crippen LogP contribution in [0.25, 0.3) is 0 Å². The first kappa shape index (κ1) is 9.35. The number of phenols is 2. The van der Waals surface area contributed by atoms with Gasteiger partial charge in [-0.25, -0.2) is 0 Å². The van der Waals surface area contributed by atoms with E-state index >= 15 is 0 Å². The fourth-order valence-corrected chi connectivity index (χ4v) is 1.34. The normalized spacial score (nSPS) is 12.9. The van der Waals surface area contributed by atoms with Gasteiger partial charge in [0.25, 0.3) is 0 Å². The van der Waals surface area contributed by atoms with Crippen molar-refractivity contribution in [3.8, 4) is 11.5 Å². The van der Waals surface area contributed by atoms with Gasteiger partial charge in [0.1, 0.15) is 0 Å². The molecule has 1 atom stereocenters. The van der Waals surface area contributed by atoms with Crippen LogP contribution in [0.15, 0.2) is 16.6 Å². The second-order valence-electron chi connectivity index (χ2n) is 2.66. The molecule has 3 nitrogen and oxygen atoms in total. The number of rotatable bonds is 1. The first-order valence-corrected chi connectivity index (χ1v) is 4.28. The molecule has 1 rings (SSSR count). The zero-order valence-electron chi connectivity index (χ0n) is 6.58. The summed E-state index contributed by atoms with van der Waals surface area (Å²) in [6.07, 6.45) is 0. The van der Waals surface area contributed by atoms with E-state index in [0.717, 1.165) is 5.56 Å². The maximum Gasteiger partial charge on any atom is 0.171 e. The van der Waals surface area contributed by atoms with E-state index in [1.807, 2.05) is 0 Å². The Morgan fingerprint density at radius 2 is 2.00 bits per heavy atom. The largest absolute Gasteiger partial charge is 0.504 e. The highest BCUT2D eigenvalue weighted by Crippen LogP contribution is 2.35. The van der Waals surface area contributed by atoms with Gasteiger partial charge in [-0.15, -0.1) is 0 Å². The lowest BCUT2D eigenvalue weighted by Crippen LogP contribution is -2.04. The van der Waals surface area contributed by atoms with Crippen LogP contribution in [0.3, 0.4) is 0 Å². The predicted octanol–water partition coefficient (Wildman–Crippen LogP) is 1.88. The molecule has 0 spiro atoms. The highest BCUT2D eigenvalue weighted by atomic mass is 79.9. The number of benzene rings is 1. The molecule has 0 saturated heterocycles. The molecule has 0 amide bonds. The van der Waals surface area contributed by atoms with Crippen LogP contribution in [0.5, 0.6) is 11.5 Å². The molecule has 0 fully saturated rings. The van der Waals surface area contributed by atoms with Crippen molar-refractivity contribution < 1.29 is 10.2 Å². The third-order valence-corrected chi connectivity index (χ3v) is 2.20. The van der Waals surface area contributed by atoms with Gasteiger partial charge < -0.3 is 15.9 Å². The summed E-state index contributed by atoms with van der Waals surface area (Å²) in [5.41, 5.74) is 6.36. The molecule has 0 aliphatic heterocycles. The molecule has 0 radical (unpaired) electrons. The van der Waals surface area contributed by atoms with Gasteiger partial charge in [-0.2, -0.15) is 0 Å². The lowest BCUT2D eigenvalue weighted by molar-refractivity contribution is 0.400. The molecule has 1 aromatic carbocycles. The second-order valence-corrected chi connectivity index (χ2v) is 3.51. The molecule has 4 heteroatoms. The van der Waals surface area contributed by atoms with Crippen molar-refractivity contribution in [2.45, 2.75) is 13.0 Å². The van der Waals surface area contributed by atoms with Gasteiger partial charge in [0, 0.05) is 6.04 Å². The molecule has 12 heavy (non-hydrogen) atoms. The molecule has 4 N–H and O–H groups in total. The maximum atomic E-state index is 9.19. The van der Waals surface area contributed by atoms with Crippen LogP contribution in [0.4, 0.5) is 0 Å². The molecule has 0 aromatic heterocycles. The van der Waals surface area contributed by atoms with Crippen molar-refractivity contribution in [2.75, 3.05) is 0 Å². The van der Waals surface area contributed by atoms with Crippen molar-refractivity contribution in [2.24, 2.45) is 5.73 Å². The van der Waals surface area contributed by atoms with Gasteiger partial charge in [-0.3, -0.25) is 0 Å². The highest BCUT2D eigenvalue weighted by molar-refractivity contribution is 9.10. The average Bonchev–Trinajstić information content (AvgIpc) is 1.99. The summed E-state index contributed by atoms with van der Waals surface area (Å²) in [4.78, 5) is 0. The monoisotopic (exact) mass is 231 g/mol. The van der Waals surface area contributed by atoms with Gasteiger partial charge >= 0.3 is 0 Å². The van der Waals surface area contributed by atoms with E-state index in [-0.39, 0.29) is 17.5 Å². The SMILES string of the molecule is C[C@H](N)c1cc(O)c(O)c(Br)c1. The number of hydrogen-bond acceptors (Lipinski definition) is 3. The molecule has 0 unspecified atom stereocenters. The minimum absolute atomic E-state index is 0.153.